The molecule has 0 aliphatic carbocycles. The second-order valence-corrected chi connectivity index (χ2v) is 4.66. The van der Waals surface area contributed by atoms with Crippen molar-refractivity contribution in [1.82, 2.24) is 0 Å². The summed E-state index contributed by atoms with van der Waals surface area (Å²) < 4.78 is 0. The fourth-order valence-corrected chi connectivity index (χ4v) is 2.07. The summed E-state index contributed by atoms with van der Waals surface area (Å²) in [6.45, 7) is 5.98. The Hall–Kier alpha value is -1.82. The van der Waals surface area contributed by atoms with E-state index in [4.69, 9.17) is 5.26 Å². The van der Waals surface area contributed by atoms with E-state index in [-0.39, 0.29) is 5.91 Å². The van der Waals surface area contributed by atoms with Crippen LogP contribution < -0.4 is 4.90 Å². The molecule has 0 N–H and O–H groups in total. The van der Waals surface area contributed by atoms with Crippen molar-refractivity contribution in [2.24, 2.45) is 5.92 Å². The Morgan fingerprint density at radius 3 is 2.61 bits per heavy atom. The topological polar surface area (TPSA) is 44.1 Å². The molecule has 1 amide bonds. The first-order chi connectivity index (χ1) is 8.51. The molecule has 0 spiro atoms. The normalized spacial score (nSPS) is 11.7. The molecule has 0 saturated carbocycles. The second kappa shape index (κ2) is 6.20. The maximum absolute atomic E-state index is 12.2. The lowest BCUT2D eigenvalue weighted by Crippen LogP contribution is -2.32. The van der Waals surface area contributed by atoms with Gasteiger partial charge in [-0.2, -0.15) is 5.26 Å². The number of nitriles is 1. The van der Waals surface area contributed by atoms with Crippen LogP contribution in [0.3, 0.4) is 0 Å². The zero-order valence-electron chi connectivity index (χ0n) is 11.5. The SMILES string of the molecule is CCCC(C#N)C(=O)N(C)c1ccc(C)cc1C. The van der Waals surface area contributed by atoms with Gasteiger partial charge in [0.15, 0.2) is 0 Å². The van der Waals surface area contributed by atoms with Gasteiger partial charge in [-0.1, -0.05) is 31.0 Å². The third-order valence-corrected chi connectivity index (χ3v) is 3.08. The first kappa shape index (κ1) is 14.2. The summed E-state index contributed by atoms with van der Waals surface area (Å²) in [7, 11) is 1.74. The minimum absolute atomic E-state index is 0.119. The number of aryl methyl sites for hydroxylation is 2. The molecular formula is C15H20N2O. The summed E-state index contributed by atoms with van der Waals surface area (Å²) in [5.41, 5.74) is 3.10. The van der Waals surface area contributed by atoms with E-state index in [0.29, 0.717) is 6.42 Å². The number of benzene rings is 1. The molecule has 0 aliphatic heterocycles. The standard InChI is InChI=1S/C15H20N2O/c1-5-6-13(10-16)15(18)17(4)14-8-7-11(2)9-12(14)3/h7-9,13H,5-6H2,1-4H3. The van der Waals surface area contributed by atoms with Crippen molar-refractivity contribution in [2.75, 3.05) is 11.9 Å². The van der Waals surface area contributed by atoms with E-state index in [1.165, 1.54) is 5.56 Å². The van der Waals surface area contributed by atoms with Crippen molar-refractivity contribution in [2.45, 2.75) is 33.6 Å². The number of carbonyl (C=O) groups excluding carboxylic acids is 1. The molecule has 18 heavy (non-hydrogen) atoms. The number of hydrogen-bond acceptors (Lipinski definition) is 2. The lowest BCUT2D eigenvalue weighted by Gasteiger charge is -2.22. The summed E-state index contributed by atoms with van der Waals surface area (Å²) in [6, 6.07) is 8.05. The zero-order chi connectivity index (χ0) is 13.7. The molecule has 96 valence electrons. The van der Waals surface area contributed by atoms with Crippen LogP contribution in [0, 0.1) is 31.1 Å². The lowest BCUT2D eigenvalue weighted by molar-refractivity contribution is -0.120. The number of anilines is 1. The molecule has 3 heteroatoms. The highest BCUT2D eigenvalue weighted by molar-refractivity contribution is 5.96. The molecular weight excluding hydrogens is 224 g/mol. The van der Waals surface area contributed by atoms with E-state index in [1.807, 2.05) is 39.0 Å². The van der Waals surface area contributed by atoms with Crippen LogP contribution in [0.15, 0.2) is 18.2 Å². The third-order valence-electron chi connectivity index (χ3n) is 3.08. The van der Waals surface area contributed by atoms with Gasteiger partial charge >= 0.3 is 0 Å². The van der Waals surface area contributed by atoms with Crippen LogP contribution in [0.4, 0.5) is 5.69 Å². The van der Waals surface area contributed by atoms with Gasteiger partial charge in [-0.05, 0) is 31.9 Å². The largest absolute Gasteiger partial charge is 0.314 e. The quantitative estimate of drug-likeness (QED) is 0.816. The fraction of sp³-hybridized carbons (Fsp3) is 0.467. The maximum atomic E-state index is 12.2. The zero-order valence-corrected chi connectivity index (χ0v) is 11.5. The van der Waals surface area contributed by atoms with Gasteiger partial charge in [-0.3, -0.25) is 4.79 Å². The maximum Gasteiger partial charge on any atom is 0.244 e. The van der Waals surface area contributed by atoms with Gasteiger partial charge < -0.3 is 4.90 Å². The number of carbonyl (C=O) groups is 1. The van der Waals surface area contributed by atoms with E-state index in [0.717, 1.165) is 17.7 Å². The summed E-state index contributed by atoms with van der Waals surface area (Å²) in [5, 5.41) is 9.04. The number of rotatable bonds is 4. The highest BCUT2D eigenvalue weighted by atomic mass is 16.2. The molecule has 1 atom stereocenters. The van der Waals surface area contributed by atoms with Gasteiger partial charge in [-0.25, -0.2) is 0 Å². The average molecular weight is 244 g/mol. The smallest absolute Gasteiger partial charge is 0.244 e. The van der Waals surface area contributed by atoms with Crippen LogP contribution in [-0.2, 0) is 4.79 Å². The molecule has 0 heterocycles. The van der Waals surface area contributed by atoms with Gasteiger partial charge in [0, 0.05) is 12.7 Å². The van der Waals surface area contributed by atoms with E-state index >= 15 is 0 Å². The van der Waals surface area contributed by atoms with E-state index in [1.54, 1.807) is 11.9 Å². The van der Waals surface area contributed by atoms with Crippen molar-refractivity contribution < 1.29 is 4.79 Å². The lowest BCUT2D eigenvalue weighted by atomic mass is 10.0. The highest BCUT2D eigenvalue weighted by Gasteiger charge is 2.22. The first-order valence-electron chi connectivity index (χ1n) is 6.25. The van der Waals surface area contributed by atoms with Gasteiger partial charge in [0.2, 0.25) is 5.91 Å². The molecule has 0 radical (unpaired) electrons. The van der Waals surface area contributed by atoms with E-state index < -0.39 is 5.92 Å². The predicted molar refractivity (Wildman–Crippen MR) is 73.3 cm³/mol. The van der Waals surface area contributed by atoms with Crippen LogP contribution in [0.25, 0.3) is 0 Å². The van der Waals surface area contributed by atoms with Crippen LogP contribution in [0.5, 0.6) is 0 Å². The molecule has 0 saturated heterocycles. The molecule has 0 bridgehead atoms. The third kappa shape index (κ3) is 3.10. The number of hydrogen-bond donors (Lipinski definition) is 0. The molecule has 3 nitrogen and oxygen atoms in total. The summed E-state index contributed by atoms with van der Waals surface area (Å²) in [4.78, 5) is 13.8. The van der Waals surface area contributed by atoms with Crippen molar-refractivity contribution >= 4 is 11.6 Å². The van der Waals surface area contributed by atoms with Crippen molar-refractivity contribution in [3.05, 3.63) is 29.3 Å². The predicted octanol–water partition coefficient (Wildman–Crippen LogP) is 3.21. The van der Waals surface area contributed by atoms with Crippen molar-refractivity contribution in [3.63, 3.8) is 0 Å². The van der Waals surface area contributed by atoms with Crippen LogP contribution in [-0.4, -0.2) is 13.0 Å². The minimum atomic E-state index is -0.541. The molecule has 1 rings (SSSR count). The van der Waals surface area contributed by atoms with E-state index in [2.05, 4.69) is 6.07 Å². The number of nitrogens with zero attached hydrogens (tertiary/aromatic N) is 2. The fourth-order valence-electron chi connectivity index (χ4n) is 2.07. The Kier molecular flexibility index (Phi) is 4.91. The number of amides is 1. The summed E-state index contributed by atoms with van der Waals surface area (Å²) in [5.74, 6) is -0.660. The van der Waals surface area contributed by atoms with Gasteiger partial charge in [0.05, 0.1) is 6.07 Å². The monoisotopic (exact) mass is 244 g/mol. The first-order valence-corrected chi connectivity index (χ1v) is 6.25. The van der Waals surface area contributed by atoms with Gasteiger partial charge in [-0.15, -0.1) is 0 Å². The molecule has 0 aliphatic rings. The van der Waals surface area contributed by atoms with Gasteiger partial charge in [0.25, 0.3) is 0 Å². The molecule has 0 fully saturated rings. The van der Waals surface area contributed by atoms with Crippen molar-refractivity contribution in [1.29, 1.82) is 5.26 Å². The summed E-state index contributed by atoms with van der Waals surface area (Å²) in [6.07, 6.45) is 1.45. The van der Waals surface area contributed by atoms with Gasteiger partial charge in [0.1, 0.15) is 5.92 Å². The molecule has 0 aromatic heterocycles. The Balaban J connectivity index is 2.96. The molecule has 1 unspecified atom stereocenters. The Morgan fingerprint density at radius 1 is 1.44 bits per heavy atom. The Morgan fingerprint density at radius 2 is 2.11 bits per heavy atom. The van der Waals surface area contributed by atoms with Crippen LogP contribution in [0.1, 0.15) is 30.9 Å². The Bertz CT molecular complexity index is 474. The van der Waals surface area contributed by atoms with Crippen LogP contribution >= 0.6 is 0 Å². The minimum Gasteiger partial charge on any atom is -0.314 e. The molecule has 1 aromatic rings. The van der Waals surface area contributed by atoms with E-state index in [9.17, 15) is 4.79 Å². The average Bonchev–Trinajstić information content (AvgIpc) is 2.34. The Labute approximate surface area is 109 Å². The molecule has 1 aromatic carbocycles. The second-order valence-electron chi connectivity index (χ2n) is 4.66. The van der Waals surface area contributed by atoms with Crippen molar-refractivity contribution in [3.8, 4) is 6.07 Å². The summed E-state index contributed by atoms with van der Waals surface area (Å²) >= 11 is 0. The highest BCUT2D eigenvalue weighted by Crippen LogP contribution is 2.22. The van der Waals surface area contributed by atoms with Crippen LogP contribution in [0.2, 0.25) is 0 Å².